The summed E-state index contributed by atoms with van der Waals surface area (Å²) in [5.74, 6) is 2.43. The molecule has 0 bridgehead atoms. The lowest BCUT2D eigenvalue weighted by atomic mass is 10.1. The number of rotatable bonds is 5. The molecule has 1 aromatic carbocycles. The Kier molecular flexibility index (Phi) is 6.16. The second kappa shape index (κ2) is 7.41. The van der Waals surface area contributed by atoms with E-state index in [1.165, 1.54) is 6.42 Å². The van der Waals surface area contributed by atoms with Gasteiger partial charge >= 0.3 is 0 Å². The van der Waals surface area contributed by atoms with E-state index < -0.39 is 0 Å². The minimum atomic E-state index is 0. The summed E-state index contributed by atoms with van der Waals surface area (Å²) in [5, 5.41) is 3.34. The molecular weight excluding hydrogens is 238 g/mol. The Balaban J connectivity index is 0.00000144. The molecule has 0 aliphatic carbocycles. The molecule has 0 amide bonds. The summed E-state index contributed by atoms with van der Waals surface area (Å²) >= 11 is 0. The summed E-state index contributed by atoms with van der Waals surface area (Å²) in [6.07, 6.45) is 1.21. The smallest absolute Gasteiger partial charge is 0.122 e. The van der Waals surface area contributed by atoms with E-state index in [0.717, 1.165) is 31.2 Å². The lowest BCUT2D eigenvalue weighted by molar-refractivity contribution is 0.258. The zero-order valence-corrected chi connectivity index (χ0v) is 11.0. The van der Waals surface area contributed by atoms with Crippen molar-refractivity contribution in [3.8, 4) is 11.5 Å². The van der Waals surface area contributed by atoms with Crippen LogP contribution in [-0.2, 0) is 0 Å². The van der Waals surface area contributed by atoms with Gasteiger partial charge in [0.25, 0.3) is 0 Å². The fraction of sp³-hybridized carbons (Fsp3) is 0.538. The van der Waals surface area contributed by atoms with E-state index in [2.05, 4.69) is 5.32 Å². The Labute approximate surface area is 109 Å². The van der Waals surface area contributed by atoms with E-state index in [-0.39, 0.29) is 12.4 Å². The zero-order chi connectivity index (χ0) is 11.2. The Bertz CT molecular complexity index is 327. The van der Waals surface area contributed by atoms with Crippen molar-refractivity contribution < 1.29 is 9.47 Å². The van der Waals surface area contributed by atoms with Crippen LogP contribution in [0.2, 0.25) is 0 Å². The summed E-state index contributed by atoms with van der Waals surface area (Å²) < 4.78 is 11.2. The molecule has 0 spiro atoms. The van der Waals surface area contributed by atoms with E-state index in [0.29, 0.717) is 12.5 Å². The molecule has 0 aromatic heterocycles. The molecule has 0 unspecified atom stereocenters. The minimum Gasteiger partial charge on any atom is -0.494 e. The first-order valence-corrected chi connectivity index (χ1v) is 5.95. The van der Waals surface area contributed by atoms with Crippen LogP contribution in [0.5, 0.6) is 11.5 Å². The summed E-state index contributed by atoms with van der Waals surface area (Å²) in [4.78, 5) is 0. The Morgan fingerprint density at radius 2 is 2.06 bits per heavy atom. The van der Waals surface area contributed by atoms with Gasteiger partial charge in [0.1, 0.15) is 11.5 Å². The minimum absolute atomic E-state index is 0. The summed E-state index contributed by atoms with van der Waals surface area (Å²) in [6.45, 7) is 5.66. The van der Waals surface area contributed by atoms with Crippen molar-refractivity contribution in [3.05, 3.63) is 24.3 Å². The topological polar surface area (TPSA) is 30.5 Å². The van der Waals surface area contributed by atoms with Crippen molar-refractivity contribution in [2.45, 2.75) is 13.3 Å². The van der Waals surface area contributed by atoms with Gasteiger partial charge in [0.2, 0.25) is 0 Å². The largest absolute Gasteiger partial charge is 0.494 e. The van der Waals surface area contributed by atoms with Crippen LogP contribution in [0.25, 0.3) is 0 Å². The van der Waals surface area contributed by atoms with Crippen LogP contribution in [0.4, 0.5) is 0 Å². The van der Waals surface area contributed by atoms with E-state index in [1.807, 2.05) is 31.2 Å². The number of hydrogen-bond donors (Lipinski definition) is 1. The summed E-state index contributed by atoms with van der Waals surface area (Å²) in [6, 6.07) is 7.84. The SMILES string of the molecule is CCOc1cccc(OC[C@H]2CCNC2)c1.Cl. The van der Waals surface area contributed by atoms with Gasteiger partial charge in [0.15, 0.2) is 0 Å². The Morgan fingerprint density at radius 3 is 2.71 bits per heavy atom. The second-order valence-corrected chi connectivity index (χ2v) is 4.08. The average molecular weight is 258 g/mol. The first-order valence-electron chi connectivity index (χ1n) is 5.95. The third-order valence-electron chi connectivity index (χ3n) is 2.76. The summed E-state index contributed by atoms with van der Waals surface area (Å²) in [7, 11) is 0. The highest BCUT2D eigenvalue weighted by atomic mass is 35.5. The van der Waals surface area contributed by atoms with Gasteiger partial charge in [-0.3, -0.25) is 0 Å². The molecule has 3 nitrogen and oxygen atoms in total. The number of ether oxygens (including phenoxy) is 2. The average Bonchev–Trinajstić information content (AvgIpc) is 2.80. The first kappa shape index (κ1) is 14.1. The molecule has 2 rings (SSSR count). The predicted octanol–water partition coefficient (Wildman–Crippen LogP) is 2.50. The predicted molar refractivity (Wildman–Crippen MR) is 71.3 cm³/mol. The molecule has 17 heavy (non-hydrogen) atoms. The van der Waals surface area contributed by atoms with Gasteiger partial charge in [-0.2, -0.15) is 0 Å². The number of halogens is 1. The van der Waals surface area contributed by atoms with Crippen LogP contribution >= 0.6 is 12.4 Å². The van der Waals surface area contributed by atoms with Gasteiger partial charge in [0.05, 0.1) is 13.2 Å². The molecule has 1 aliphatic heterocycles. The fourth-order valence-electron chi connectivity index (χ4n) is 1.89. The number of hydrogen-bond acceptors (Lipinski definition) is 3. The molecule has 4 heteroatoms. The molecule has 1 saturated heterocycles. The molecule has 1 atom stereocenters. The Morgan fingerprint density at radius 1 is 1.29 bits per heavy atom. The van der Waals surface area contributed by atoms with Crippen molar-refractivity contribution in [1.29, 1.82) is 0 Å². The van der Waals surface area contributed by atoms with E-state index in [4.69, 9.17) is 9.47 Å². The van der Waals surface area contributed by atoms with E-state index in [9.17, 15) is 0 Å². The lowest BCUT2D eigenvalue weighted by Gasteiger charge is -2.11. The maximum Gasteiger partial charge on any atom is 0.122 e. The monoisotopic (exact) mass is 257 g/mol. The van der Waals surface area contributed by atoms with Gasteiger partial charge in [-0.15, -0.1) is 12.4 Å². The molecule has 0 saturated carbocycles. The Hall–Kier alpha value is -0.930. The normalized spacial score (nSPS) is 18.5. The first-order chi connectivity index (χ1) is 7.88. The van der Waals surface area contributed by atoms with Gasteiger partial charge in [-0.25, -0.2) is 0 Å². The third-order valence-corrected chi connectivity index (χ3v) is 2.76. The highest BCUT2D eigenvalue weighted by Gasteiger charge is 2.14. The second-order valence-electron chi connectivity index (χ2n) is 4.08. The van der Waals surface area contributed by atoms with Gasteiger partial charge in [-0.05, 0) is 32.0 Å². The van der Waals surface area contributed by atoms with Crippen LogP contribution in [0, 0.1) is 5.92 Å². The van der Waals surface area contributed by atoms with Crippen molar-refractivity contribution in [2.75, 3.05) is 26.3 Å². The maximum absolute atomic E-state index is 5.76. The lowest BCUT2D eigenvalue weighted by Crippen LogP contribution is -2.15. The van der Waals surface area contributed by atoms with Crippen molar-refractivity contribution in [2.24, 2.45) is 5.92 Å². The van der Waals surface area contributed by atoms with E-state index >= 15 is 0 Å². The third kappa shape index (κ3) is 4.44. The molecule has 1 aromatic rings. The van der Waals surface area contributed by atoms with Crippen LogP contribution in [0.15, 0.2) is 24.3 Å². The van der Waals surface area contributed by atoms with Crippen molar-refractivity contribution in [3.63, 3.8) is 0 Å². The molecule has 96 valence electrons. The molecular formula is C13H20ClNO2. The standard InChI is InChI=1S/C13H19NO2.ClH/c1-2-15-12-4-3-5-13(8-12)16-10-11-6-7-14-9-11;/h3-5,8,11,14H,2,6-7,9-10H2,1H3;1H/t11-;/m0./s1. The molecule has 1 fully saturated rings. The van der Waals surface area contributed by atoms with Gasteiger partial charge < -0.3 is 14.8 Å². The molecule has 1 heterocycles. The molecule has 1 aliphatic rings. The van der Waals surface area contributed by atoms with Crippen LogP contribution in [-0.4, -0.2) is 26.3 Å². The van der Waals surface area contributed by atoms with Crippen LogP contribution in [0.1, 0.15) is 13.3 Å². The van der Waals surface area contributed by atoms with Gasteiger partial charge in [0, 0.05) is 18.5 Å². The summed E-state index contributed by atoms with van der Waals surface area (Å²) in [5.41, 5.74) is 0. The van der Waals surface area contributed by atoms with Crippen LogP contribution < -0.4 is 14.8 Å². The molecule has 0 radical (unpaired) electrons. The highest BCUT2D eigenvalue weighted by molar-refractivity contribution is 5.85. The maximum atomic E-state index is 5.76. The van der Waals surface area contributed by atoms with Crippen molar-refractivity contribution in [1.82, 2.24) is 5.32 Å². The van der Waals surface area contributed by atoms with Crippen molar-refractivity contribution >= 4 is 12.4 Å². The number of nitrogens with one attached hydrogen (secondary N) is 1. The fourth-order valence-corrected chi connectivity index (χ4v) is 1.89. The zero-order valence-electron chi connectivity index (χ0n) is 10.1. The number of benzene rings is 1. The van der Waals surface area contributed by atoms with Gasteiger partial charge in [-0.1, -0.05) is 6.07 Å². The van der Waals surface area contributed by atoms with Crippen LogP contribution in [0.3, 0.4) is 0 Å². The quantitative estimate of drug-likeness (QED) is 0.879. The highest BCUT2D eigenvalue weighted by Crippen LogP contribution is 2.20. The van der Waals surface area contributed by atoms with E-state index in [1.54, 1.807) is 0 Å². The molecule has 1 N–H and O–H groups in total.